The standard InChI is InChI=1S/C24H23N3O5S/c1-2-32-24(29)22-18-10-11-26(14-16-6-4-3-5-7-16)15-21(18)33-23(22)25-13-17-8-9-20(28)19(12-17)27(30)31/h3-9,12-13,28H,2,10-11,14-15H2,1H3. The summed E-state index contributed by atoms with van der Waals surface area (Å²) in [6.07, 6.45) is 2.18. The first kappa shape index (κ1) is 22.6. The van der Waals surface area contributed by atoms with Gasteiger partial charge >= 0.3 is 11.7 Å². The Kier molecular flexibility index (Phi) is 6.81. The first-order valence-corrected chi connectivity index (χ1v) is 11.4. The van der Waals surface area contributed by atoms with E-state index in [1.54, 1.807) is 6.92 Å². The SMILES string of the molecule is CCOC(=O)c1c(N=Cc2ccc(O)c([N+](=O)[O-])c2)sc2c1CCN(Cc1ccccc1)C2. The summed E-state index contributed by atoms with van der Waals surface area (Å²) >= 11 is 1.44. The maximum atomic E-state index is 12.7. The Bertz CT molecular complexity index is 1210. The van der Waals surface area contributed by atoms with Gasteiger partial charge in [-0.15, -0.1) is 11.3 Å². The van der Waals surface area contributed by atoms with Gasteiger partial charge < -0.3 is 9.84 Å². The molecule has 0 amide bonds. The summed E-state index contributed by atoms with van der Waals surface area (Å²) in [6.45, 7) is 4.37. The van der Waals surface area contributed by atoms with Crippen LogP contribution in [0, 0.1) is 10.1 Å². The van der Waals surface area contributed by atoms with Gasteiger partial charge in [0.25, 0.3) is 0 Å². The molecule has 0 radical (unpaired) electrons. The number of ether oxygens (including phenoxy) is 1. The number of carbonyl (C=O) groups excluding carboxylic acids is 1. The highest BCUT2D eigenvalue weighted by Crippen LogP contribution is 2.40. The molecule has 0 atom stereocenters. The number of aliphatic imine (C=N–C) groups is 1. The molecule has 170 valence electrons. The maximum Gasteiger partial charge on any atom is 0.341 e. The van der Waals surface area contributed by atoms with Gasteiger partial charge in [0.15, 0.2) is 5.75 Å². The molecule has 1 aliphatic heterocycles. The molecule has 9 heteroatoms. The summed E-state index contributed by atoms with van der Waals surface area (Å²) in [7, 11) is 0. The highest BCUT2D eigenvalue weighted by Gasteiger charge is 2.28. The molecule has 1 aromatic heterocycles. The second-order valence-corrected chi connectivity index (χ2v) is 8.70. The minimum atomic E-state index is -0.651. The quantitative estimate of drug-likeness (QED) is 0.231. The third kappa shape index (κ3) is 5.10. The van der Waals surface area contributed by atoms with Crippen molar-refractivity contribution in [3.05, 3.63) is 85.8 Å². The van der Waals surface area contributed by atoms with Crippen LogP contribution in [0.5, 0.6) is 5.75 Å². The van der Waals surface area contributed by atoms with Gasteiger partial charge in [-0.3, -0.25) is 15.0 Å². The first-order valence-electron chi connectivity index (χ1n) is 10.6. The summed E-state index contributed by atoms with van der Waals surface area (Å²) in [4.78, 5) is 31.1. The van der Waals surface area contributed by atoms with E-state index < -0.39 is 22.3 Å². The van der Waals surface area contributed by atoms with E-state index in [0.717, 1.165) is 23.5 Å². The van der Waals surface area contributed by atoms with Crippen LogP contribution >= 0.6 is 11.3 Å². The van der Waals surface area contributed by atoms with Crippen molar-refractivity contribution >= 4 is 34.2 Å². The van der Waals surface area contributed by atoms with Crippen molar-refractivity contribution in [2.75, 3.05) is 13.2 Å². The summed E-state index contributed by atoms with van der Waals surface area (Å²) in [5.41, 5.74) is 2.72. The summed E-state index contributed by atoms with van der Waals surface area (Å²) in [6, 6.07) is 14.3. The number of esters is 1. The largest absolute Gasteiger partial charge is 0.502 e. The minimum absolute atomic E-state index is 0.261. The van der Waals surface area contributed by atoms with Gasteiger partial charge in [-0.2, -0.15) is 0 Å². The van der Waals surface area contributed by atoms with Crippen LogP contribution in [0.25, 0.3) is 0 Å². The normalized spacial score (nSPS) is 13.7. The average molecular weight is 466 g/mol. The lowest BCUT2D eigenvalue weighted by Crippen LogP contribution is -2.29. The van der Waals surface area contributed by atoms with Gasteiger partial charge in [-0.05, 0) is 42.2 Å². The number of hydrogen-bond donors (Lipinski definition) is 1. The highest BCUT2D eigenvalue weighted by atomic mass is 32.1. The Morgan fingerprint density at radius 3 is 2.82 bits per heavy atom. The molecule has 2 heterocycles. The second-order valence-electron chi connectivity index (χ2n) is 7.61. The van der Waals surface area contributed by atoms with Crippen LogP contribution in [0.2, 0.25) is 0 Å². The predicted octanol–water partition coefficient (Wildman–Crippen LogP) is 4.85. The molecule has 0 saturated heterocycles. The Hall–Kier alpha value is -3.56. The summed E-state index contributed by atoms with van der Waals surface area (Å²) < 4.78 is 5.29. The second kappa shape index (κ2) is 9.93. The van der Waals surface area contributed by atoms with E-state index in [1.165, 1.54) is 41.3 Å². The third-order valence-corrected chi connectivity index (χ3v) is 6.50. The number of nitro groups is 1. The third-order valence-electron chi connectivity index (χ3n) is 5.37. The minimum Gasteiger partial charge on any atom is -0.502 e. The Balaban J connectivity index is 1.63. The highest BCUT2D eigenvalue weighted by molar-refractivity contribution is 7.16. The van der Waals surface area contributed by atoms with E-state index in [4.69, 9.17) is 4.74 Å². The number of phenolic OH excluding ortho intramolecular Hbond substituents is 1. The van der Waals surface area contributed by atoms with Crippen molar-refractivity contribution in [2.45, 2.75) is 26.4 Å². The Labute approximate surface area is 194 Å². The molecule has 0 unspecified atom stereocenters. The van der Waals surface area contributed by atoms with Gasteiger partial charge in [0, 0.05) is 36.8 Å². The van der Waals surface area contributed by atoms with E-state index in [1.807, 2.05) is 18.2 Å². The van der Waals surface area contributed by atoms with Crippen molar-refractivity contribution < 1.29 is 19.6 Å². The number of fused-ring (bicyclic) bond motifs is 1. The molecule has 1 N–H and O–H groups in total. The van der Waals surface area contributed by atoms with Crippen LogP contribution < -0.4 is 0 Å². The number of rotatable bonds is 7. The zero-order chi connectivity index (χ0) is 23.4. The van der Waals surface area contributed by atoms with Crippen LogP contribution in [-0.2, 0) is 24.2 Å². The van der Waals surface area contributed by atoms with E-state index >= 15 is 0 Å². The van der Waals surface area contributed by atoms with Crippen molar-refractivity contribution in [2.24, 2.45) is 4.99 Å². The number of hydrogen-bond acceptors (Lipinski definition) is 8. The number of nitro benzene ring substituents is 1. The number of aromatic hydroxyl groups is 1. The Morgan fingerprint density at radius 1 is 1.30 bits per heavy atom. The first-order chi connectivity index (χ1) is 16.0. The fourth-order valence-corrected chi connectivity index (χ4v) is 5.05. The lowest BCUT2D eigenvalue weighted by Gasteiger charge is -2.27. The summed E-state index contributed by atoms with van der Waals surface area (Å²) in [5.74, 6) is -0.815. The fourth-order valence-electron chi connectivity index (χ4n) is 3.82. The molecule has 3 aromatic rings. The lowest BCUT2D eigenvalue weighted by atomic mass is 10.0. The molecule has 4 rings (SSSR count). The van der Waals surface area contributed by atoms with E-state index in [-0.39, 0.29) is 6.61 Å². The van der Waals surface area contributed by atoms with Crippen LogP contribution in [0.4, 0.5) is 10.7 Å². The van der Waals surface area contributed by atoms with Gasteiger partial charge in [0.1, 0.15) is 5.00 Å². The fraction of sp³-hybridized carbons (Fsp3) is 0.250. The Morgan fingerprint density at radius 2 is 2.09 bits per heavy atom. The van der Waals surface area contributed by atoms with Crippen LogP contribution in [0.1, 0.15) is 38.8 Å². The number of phenols is 1. The number of benzene rings is 2. The van der Waals surface area contributed by atoms with E-state index in [0.29, 0.717) is 29.1 Å². The van der Waals surface area contributed by atoms with Crippen LogP contribution in [-0.4, -0.2) is 40.3 Å². The van der Waals surface area contributed by atoms with Crippen molar-refractivity contribution in [1.29, 1.82) is 0 Å². The van der Waals surface area contributed by atoms with Gasteiger partial charge in [-0.25, -0.2) is 9.79 Å². The molecule has 8 nitrogen and oxygen atoms in total. The number of thiophene rings is 1. The predicted molar refractivity (Wildman–Crippen MR) is 127 cm³/mol. The van der Waals surface area contributed by atoms with Crippen LogP contribution in [0.3, 0.4) is 0 Å². The van der Waals surface area contributed by atoms with E-state index in [2.05, 4.69) is 22.0 Å². The molecule has 0 saturated carbocycles. The summed E-state index contributed by atoms with van der Waals surface area (Å²) in [5, 5.41) is 21.3. The molecular weight excluding hydrogens is 442 g/mol. The zero-order valence-electron chi connectivity index (χ0n) is 18.1. The molecule has 0 spiro atoms. The molecular formula is C24H23N3O5S. The molecule has 1 aliphatic rings. The molecule has 2 aromatic carbocycles. The van der Waals surface area contributed by atoms with Gasteiger partial charge in [-0.1, -0.05) is 30.3 Å². The maximum absolute atomic E-state index is 12.7. The number of nitrogens with zero attached hydrogens (tertiary/aromatic N) is 3. The molecule has 0 aliphatic carbocycles. The monoisotopic (exact) mass is 465 g/mol. The van der Waals surface area contributed by atoms with E-state index in [9.17, 15) is 20.0 Å². The molecule has 33 heavy (non-hydrogen) atoms. The van der Waals surface area contributed by atoms with Crippen molar-refractivity contribution in [1.82, 2.24) is 4.90 Å². The van der Waals surface area contributed by atoms with Gasteiger partial charge in [0.2, 0.25) is 0 Å². The lowest BCUT2D eigenvalue weighted by molar-refractivity contribution is -0.385. The van der Waals surface area contributed by atoms with Crippen molar-refractivity contribution in [3.8, 4) is 5.75 Å². The number of carbonyl (C=O) groups is 1. The average Bonchev–Trinajstić information content (AvgIpc) is 3.17. The topological polar surface area (TPSA) is 105 Å². The zero-order valence-corrected chi connectivity index (χ0v) is 18.9. The van der Waals surface area contributed by atoms with Gasteiger partial charge in [0.05, 0.1) is 17.1 Å². The molecule has 0 fully saturated rings. The van der Waals surface area contributed by atoms with Crippen molar-refractivity contribution in [3.63, 3.8) is 0 Å². The molecule has 0 bridgehead atoms. The smallest absolute Gasteiger partial charge is 0.341 e. The van der Waals surface area contributed by atoms with Crippen LogP contribution in [0.15, 0.2) is 53.5 Å².